The maximum Gasteiger partial charge on any atom is 0.312 e. The number of carbonyl (C=O) groups is 2. The molecule has 1 heterocycles. The molecule has 0 radical (unpaired) electrons. The zero-order valence-corrected chi connectivity index (χ0v) is 14.1. The smallest absolute Gasteiger partial charge is 0.312 e. The summed E-state index contributed by atoms with van der Waals surface area (Å²) in [6.07, 6.45) is 7.53. The molecule has 4 fully saturated rings. The van der Waals surface area contributed by atoms with Crippen molar-refractivity contribution in [1.29, 1.82) is 0 Å². The molecule has 5 heteroatoms. The van der Waals surface area contributed by atoms with Crippen LogP contribution in [0.1, 0.15) is 51.2 Å². The number of nitrogens with one attached hydrogen (secondary N) is 1. The number of hydrogen-bond acceptors (Lipinski definition) is 4. The molecule has 1 aromatic rings. The second kappa shape index (κ2) is 5.94. The maximum atomic E-state index is 12.8. The number of esters is 1. The molecular weight excluding hydrogens is 306 g/mol. The Labute approximate surface area is 142 Å². The minimum absolute atomic E-state index is 0.151. The zero-order chi connectivity index (χ0) is 16.7. The molecule has 1 amide bonds. The van der Waals surface area contributed by atoms with Gasteiger partial charge in [-0.1, -0.05) is 0 Å². The summed E-state index contributed by atoms with van der Waals surface area (Å²) in [6, 6.07) is 3.57. The van der Waals surface area contributed by atoms with Gasteiger partial charge in [0.15, 0.2) is 6.10 Å². The van der Waals surface area contributed by atoms with Gasteiger partial charge >= 0.3 is 5.97 Å². The zero-order valence-electron chi connectivity index (χ0n) is 14.1. The molecule has 4 aliphatic carbocycles. The minimum Gasteiger partial charge on any atom is -0.467 e. The Kier molecular flexibility index (Phi) is 3.89. The van der Waals surface area contributed by atoms with Crippen molar-refractivity contribution >= 4 is 11.9 Å². The summed E-state index contributed by atoms with van der Waals surface area (Å²) in [5, 5.41) is 2.75. The standard InChI is InChI=1S/C19H25NO4/c1-12(17(21)20-11-16-3-2-4-23-16)24-18(22)19-8-13-5-14(9-19)7-15(6-13)10-19/h2-4,12-15H,5-11H2,1H3,(H,20,21)/t12-,13?,14?,15?,19?/m0/s1. The Balaban J connectivity index is 1.34. The van der Waals surface area contributed by atoms with Gasteiger partial charge in [0.1, 0.15) is 5.76 Å². The van der Waals surface area contributed by atoms with E-state index in [0.29, 0.717) is 30.1 Å². The number of rotatable bonds is 5. The Morgan fingerprint density at radius 3 is 2.42 bits per heavy atom. The lowest BCUT2D eigenvalue weighted by Gasteiger charge is -2.55. The van der Waals surface area contributed by atoms with E-state index in [1.54, 1.807) is 25.3 Å². The second-order valence-corrected chi connectivity index (χ2v) is 8.04. The molecule has 130 valence electrons. The average molecular weight is 331 g/mol. The molecule has 0 spiro atoms. The molecule has 0 aliphatic heterocycles. The summed E-state index contributed by atoms with van der Waals surface area (Å²) in [6.45, 7) is 1.96. The van der Waals surface area contributed by atoms with Gasteiger partial charge in [-0.15, -0.1) is 0 Å². The highest BCUT2D eigenvalue weighted by atomic mass is 16.5. The topological polar surface area (TPSA) is 68.5 Å². The van der Waals surface area contributed by atoms with Crippen molar-refractivity contribution in [2.24, 2.45) is 23.2 Å². The normalized spacial score (nSPS) is 34.8. The number of amides is 1. The molecule has 4 aliphatic rings. The van der Waals surface area contributed by atoms with E-state index < -0.39 is 6.10 Å². The van der Waals surface area contributed by atoms with Gasteiger partial charge in [0.25, 0.3) is 5.91 Å². The van der Waals surface area contributed by atoms with E-state index in [0.717, 1.165) is 19.3 Å². The molecule has 4 bridgehead atoms. The van der Waals surface area contributed by atoms with Crippen molar-refractivity contribution in [2.75, 3.05) is 0 Å². The van der Waals surface area contributed by atoms with E-state index in [9.17, 15) is 9.59 Å². The van der Waals surface area contributed by atoms with E-state index in [2.05, 4.69) is 5.32 Å². The molecule has 4 saturated carbocycles. The molecule has 0 saturated heterocycles. The van der Waals surface area contributed by atoms with Crippen molar-refractivity contribution in [3.05, 3.63) is 24.2 Å². The highest BCUT2D eigenvalue weighted by Crippen LogP contribution is 2.60. The van der Waals surface area contributed by atoms with Gasteiger partial charge in [0.05, 0.1) is 18.2 Å². The average Bonchev–Trinajstić information content (AvgIpc) is 3.04. The third kappa shape index (κ3) is 2.85. The Morgan fingerprint density at radius 2 is 1.88 bits per heavy atom. The quantitative estimate of drug-likeness (QED) is 0.842. The van der Waals surface area contributed by atoms with Crippen molar-refractivity contribution in [1.82, 2.24) is 5.32 Å². The monoisotopic (exact) mass is 331 g/mol. The molecule has 5 rings (SSSR count). The van der Waals surface area contributed by atoms with Crippen molar-refractivity contribution in [2.45, 2.75) is 58.1 Å². The van der Waals surface area contributed by atoms with Crippen molar-refractivity contribution < 1.29 is 18.7 Å². The predicted molar refractivity (Wildman–Crippen MR) is 86.7 cm³/mol. The largest absolute Gasteiger partial charge is 0.467 e. The SMILES string of the molecule is C[C@H](OC(=O)C12CC3CC(CC(C3)C1)C2)C(=O)NCc1ccco1. The van der Waals surface area contributed by atoms with Crippen LogP contribution in [0.3, 0.4) is 0 Å². The molecule has 1 aromatic heterocycles. The summed E-state index contributed by atoms with van der Waals surface area (Å²) in [5.74, 6) is 2.32. The lowest BCUT2D eigenvalue weighted by Crippen LogP contribution is -2.51. The third-order valence-electron chi connectivity index (χ3n) is 6.14. The van der Waals surface area contributed by atoms with Gasteiger partial charge < -0.3 is 14.5 Å². The Bertz CT molecular complexity index is 586. The maximum absolute atomic E-state index is 12.8. The van der Waals surface area contributed by atoms with Gasteiger partial charge in [-0.05, 0) is 75.3 Å². The first-order chi connectivity index (χ1) is 11.5. The van der Waals surface area contributed by atoms with E-state index in [-0.39, 0.29) is 17.3 Å². The summed E-state index contributed by atoms with van der Waals surface area (Å²) in [4.78, 5) is 25.0. The van der Waals surface area contributed by atoms with Crippen LogP contribution >= 0.6 is 0 Å². The molecular formula is C19H25NO4. The molecule has 0 aromatic carbocycles. The van der Waals surface area contributed by atoms with Crippen LogP contribution < -0.4 is 5.32 Å². The number of furan rings is 1. The van der Waals surface area contributed by atoms with Crippen LogP contribution in [-0.2, 0) is 20.9 Å². The van der Waals surface area contributed by atoms with Gasteiger partial charge in [0.2, 0.25) is 0 Å². The first kappa shape index (κ1) is 15.7. The highest BCUT2D eigenvalue weighted by Gasteiger charge is 2.55. The predicted octanol–water partition coefficient (Wildman–Crippen LogP) is 3.04. The fourth-order valence-corrected chi connectivity index (χ4v) is 5.43. The number of ether oxygens (including phenoxy) is 1. The van der Waals surface area contributed by atoms with Crippen LogP contribution in [0.15, 0.2) is 22.8 Å². The van der Waals surface area contributed by atoms with E-state index in [1.165, 1.54) is 19.3 Å². The Hall–Kier alpha value is -1.78. The summed E-state index contributed by atoms with van der Waals surface area (Å²) >= 11 is 0. The first-order valence-electron chi connectivity index (χ1n) is 9.05. The van der Waals surface area contributed by atoms with Crippen LogP contribution in [0.4, 0.5) is 0 Å². The van der Waals surface area contributed by atoms with Crippen LogP contribution in [0, 0.1) is 23.2 Å². The first-order valence-corrected chi connectivity index (χ1v) is 9.05. The summed E-state index contributed by atoms with van der Waals surface area (Å²) in [7, 11) is 0. The molecule has 1 atom stereocenters. The van der Waals surface area contributed by atoms with E-state index in [1.807, 2.05) is 0 Å². The summed E-state index contributed by atoms with van der Waals surface area (Å²) < 4.78 is 10.8. The lowest BCUT2D eigenvalue weighted by molar-refractivity contribution is -0.178. The lowest BCUT2D eigenvalue weighted by atomic mass is 9.49. The number of carbonyl (C=O) groups excluding carboxylic acids is 2. The fraction of sp³-hybridized carbons (Fsp3) is 0.684. The van der Waals surface area contributed by atoms with E-state index in [4.69, 9.17) is 9.15 Å². The Morgan fingerprint density at radius 1 is 1.25 bits per heavy atom. The molecule has 24 heavy (non-hydrogen) atoms. The van der Waals surface area contributed by atoms with Crippen molar-refractivity contribution in [3.8, 4) is 0 Å². The number of hydrogen-bond donors (Lipinski definition) is 1. The highest BCUT2D eigenvalue weighted by molar-refractivity contribution is 5.85. The van der Waals surface area contributed by atoms with E-state index >= 15 is 0 Å². The van der Waals surface area contributed by atoms with Crippen LogP contribution in [0.5, 0.6) is 0 Å². The molecule has 5 nitrogen and oxygen atoms in total. The molecule has 1 N–H and O–H groups in total. The van der Waals surface area contributed by atoms with Crippen LogP contribution in [-0.4, -0.2) is 18.0 Å². The minimum atomic E-state index is -0.763. The van der Waals surface area contributed by atoms with Crippen LogP contribution in [0.2, 0.25) is 0 Å². The third-order valence-corrected chi connectivity index (χ3v) is 6.14. The fourth-order valence-electron chi connectivity index (χ4n) is 5.43. The van der Waals surface area contributed by atoms with Crippen LogP contribution in [0.25, 0.3) is 0 Å². The van der Waals surface area contributed by atoms with Gasteiger partial charge in [0, 0.05) is 0 Å². The van der Waals surface area contributed by atoms with Crippen molar-refractivity contribution in [3.63, 3.8) is 0 Å². The van der Waals surface area contributed by atoms with Gasteiger partial charge in [-0.25, -0.2) is 0 Å². The van der Waals surface area contributed by atoms with Gasteiger partial charge in [-0.3, -0.25) is 9.59 Å². The second-order valence-electron chi connectivity index (χ2n) is 8.04. The summed E-state index contributed by atoms with van der Waals surface area (Å²) in [5.41, 5.74) is -0.315. The van der Waals surface area contributed by atoms with Gasteiger partial charge in [-0.2, -0.15) is 0 Å². The molecule has 0 unspecified atom stereocenters.